The molecule has 0 spiro atoms. The maximum Gasteiger partial charge on any atom is 0.228 e. The molecule has 188 valence electrons. The van der Waals surface area contributed by atoms with E-state index in [4.69, 9.17) is 5.26 Å². The number of hydrogen-bond acceptors (Lipinski definition) is 7. The van der Waals surface area contributed by atoms with E-state index in [1.54, 1.807) is 0 Å². The van der Waals surface area contributed by atoms with Crippen molar-refractivity contribution in [3.8, 4) is 12.1 Å². The van der Waals surface area contributed by atoms with Crippen molar-refractivity contribution >= 4 is 38.4 Å². The van der Waals surface area contributed by atoms with E-state index in [-0.39, 0.29) is 30.4 Å². The average Bonchev–Trinajstić information content (AvgIpc) is 3.59. The number of carbonyl (C=O) groups excluding carboxylic acids is 1. The van der Waals surface area contributed by atoms with Crippen molar-refractivity contribution in [2.75, 3.05) is 37.2 Å². The number of amides is 1. The highest BCUT2D eigenvalue weighted by Crippen LogP contribution is 2.38. The number of unbranched alkanes of at least 4 members (excludes halogenated alkanes) is 1. The zero-order valence-electron chi connectivity index (χ0n) is 20.0. The van der Waals surface area contributed by atoms with Crippen LogP contribution in [0.5, 0.6) is 0 Å². The third kappa shape index (κ3) is 4.74. The van der Waals surface area contributed by atoms with E-state index in [1.807, 2.05) is 24.4 Å². The summed E-state index contributed by atoms with van der Waals surface area (Å²) in [5.74, 6) is 0.600. The van der Waals surface area contributed by atoms with E-state index in [2.05, 4.69) is 32.3 Å². The van der Waals surface area contributed by atoms with Crippen LogP contribution in [0.2, 0.25) is 0 Å². The van der Waals surface area contributed by atoms with Crippen LogP contribution >= 0.6 is 0 Å². The van der Waals surface area contributed by atoms with Crippen molar-refractivity contribution in [1.82, 2.24) is 19.2 Å². The van der Waals surface area contributed by atoms with Crippen molar-refractivity contribution in [3.63, 3.8) is 0 Å². The first-order valence-corrected chi connectivity index (χ1v) is 13.9. The Hall–Kier alpha value is -3.25. The third-order valence-corrected chi connectivity index (χ3v) is 9.24. The number of nitrogens with one attached hydrogen (secondary N) is 2. The molecule has 0 aromatic carbocycles. The van der Waals surface area contributed by atoms with Crippen molar-refractivity contribution in [3.05, 3.63) is 30.0 Å². The number of pyridine rings is 1. The number of H-pyrrole nitrogens is 1. The van der Waals surface area contributed by atoms with Gasteiger partial charge in [0.05, 0.1) is 29.9 Å². The van der Waals surface area contributed by atoms with Gasteiger partial charge in [-0.25, -0.2) is 13.4 Å². The molecule has 3 aliphatic rings. The second-order valence-electron chi connectivity index (χ2n) is 9.89. The number of sulfonamides is 1. The Morgan fingerprint density at radius 2 is 2.08 bits per heavy atom. The first-order chi connectivity index (χ1) is 17.3. The zero-order valence-corrected chi connectivity index (χ0v) is 20.9. The molecule has 10 nitrogen and oxygen atoms in total. The van der Waals surface area contributed by atoms with E-state index >= 15 is 0 Å². The molecule has 1 saturated carbocycles. The predicted octanol–water partition coefficient (Wildman–Crippen LogP) is 2.60. The van der Waals surface area contributed by atoms with E-state index < -0.39 is 15.6 Å². The number of aromatic amines is 1. The lowest BCUT2D eigenvalue weighted by Crippen LogP contribution is -2.71. The van der Waals surface area contributed by atoms with Crippen LogP contribution in [0.15, 0.2) is 24.4 Å². The van der Waals surface area contributed by atoms with Gasteiger partial charge in [0, 0.05) is 50.1 Å². The third-order valence-electron chi connectivity index (χ3n) is 7.39. The highest BCUT2D eigenvalue weighted by Gasteiger charge is 2.51. The number of nitrogens with zero attached hydrogens (tertiary/aromatic N) is 5. The minimum atomic E-state index is -3.43. The summed E-state index contributed by atoms with van der Waals surface area (Å²) in [4.78, 5) is 22.2. The second-order valence-corrected chi connectivity index (χ2v) is 12.0. The maximum absolute atomic E-state index is 12.6. The molecule has 0 atom stereocenters. The summed E-state index contributed by atoms with van der Waals surface area (Å²) >= 11 is 0. The Kier molecular flexibility index (Phi) is 6.56. The summed E-state index contributed by atoms with van der Waals surface area (Å²) in [6, 6.07) is 8.15. The minimum Gasteiger partial charge on any atom is -0.346 e. The molecule has 11 heteroatoms. The summed E-state index contributed by atoms with van der Waals surface area (Å²) in [7, 11) is -3.43. The number of aromatic nitrogens is 2. The fourth-order valence-electron chi connectivity index (χ4n) is 5.13. The van der Waals surface area contributed by atoms with Gasteiger partial charge >= 0.3 is 0 Å². The number of nitriles is 2. The summed E-state index contributed by atoms with van der Waals surface area (Å²) in [5.41, 5.74) is 2.40. The molecule has 5 rings (SSSR count). The van der Waals surface area contributed by atoms with Gasteiger partial charge in [0.15, 0.2) is 0 Å². The summed E-state index contributed by atoms with van der Waals surface area (Å²) in [5, 5.41) is 22.1. The lowest BCUT2D eigenvalue weighted by Gasteiger charge is -2.55. The first-order valence-electron chi connectivity index (χ1n) is 12.3. The van der Waals surface area contributed by atoms with Crippen LogP contribution in [0.1, 0.15) is 44.1 Å². The number of carbonyl (C=O) groups is 1. The highest BCUT2D eigenvalue weighted by molar-refractivity contribution is 7.89. The molecule has 2 aromatic rings. The van der Waals surface area contributed by atoms with Crippen molar-refractivity contribution in [2.45, 2.75) is 44.1 Å². The van der Waals surface area contributed by atoms with Gasteiger partial charge in [-0.05, 0) is 49.0 Å². The predicted molar refractivity (Wildman–Crippen MR) is 135 cm³/mol. The SMILES string of the molecule is N#CCCCS(=O)(=O)N1CC(CC#N)(N2CC=C(c3cc(NC(=O)C4CC4)nc4[nH]ccc34)CC2)C1. The molecule has 4 heterocycles. The molecule has 0 radical (unpaired) electrons. The Morgan fingerprint density at radius 1 is 1.28 bits per heavy atom. The summed E-state index contributed by atoms with van der Waals surface area (Å²) in [6.45, 7) is 1.91. The zero-order chi connectivity index (χ0) is 25.3. The summed E-state index contributed by atoms with van der Waals surface area (Å²) < 4.78 is 26.7. The maximum atomic E-state index is 12.6. The van der Waals surface area contributed by atoms with Gasteiger partial charge in [0.25, 0.3) is 0 Å². The molecule has 0 bridgehead atoms. The van der Waals surface area contributed by atoms with Crippen LogP contribution < -0.4 is 5.32 Å². The number of hydrogen-bond donors (Lipinski definition) is 2. The molecule has 1 aliphatic carbocycles. The number of fused-ring (bicyclic) bond motifs is 1. The van der Waals surface area contributed by atoms with Crippen molar-refractivity contribution in [1.29, 1.82) is 10.5 Å². The smallest absolute Gasteiger partial charge is 0.228 e. The lowest BCUT2D eigenvalue weighted by molar-refractivity contribution is -0.117. The molecule has 1 amide bonds. The molecule has 2 fully saturated rings. The largest absolute Gasteiger partial charge is 0.346 e. The number of rotatable bonds is 9. The molecule has 2 N–H and O–H groups in total. The van der Waals surface area contributed by atoms with E-state index in [0.717, 1.165) is 41.4 Å². The van der Waals surface area contributed by atoms with Crippen LogP contribution in [-0.2, 0) is 14.8 Å². The van der Waals surface area contributed by atoms with Gasteiger partial charge in [-0.3, -0.25) is 9.69 Å². The normalized spacial score (nSPS) is 20.2. The van der Waals surface area contributed by atoms with Gasteiger partial charge in [-0.1, -0.05) is 6.08 Å². The van der Waals surface area contributed by atoms with E-state index in [1.165, 1.54) is 4.31 Å². The van der Waals surface area contributed by atoms with Crippen molar-refractivity contribution in [2.24, 2.45) is 5.92 Å². The summed E-state index contributed by atoms with van der Waals surface area (Å²) in [6.07, 6.45) is 7.36. The molecule has 2 aliphatic heterocycles. The van der Waals surface area contributed by atoms with Crippen LogP contribution in [0, 0.1) is 28.6 Å². The molecular formula is C25H29N7O3S. The lowest BCUT2D eigenvalue weighted by atomic mass is 9.84. The Bertz CT molecular complexity index is 1390. The monoisotopic (exact) mass is 507 g/mol. The van der Waals surface area contributed by atoms with Crippen LogP contribution in [0.3, 0.4) is 0 Å². The minimum absolute atomic E-state index is 0.0127. The van der Waals surface area contributed by atoms with Gasteiger partial charge < -0.3 is 10.3 Å². The fraction of sp³-hybridized carbons (Fsp3) is 0.520. The van der Waals surface area contributed by atoms with Crippen LogP contribution in [0.4, 0.5) is 5.82 Å². The molecule has 0 unspecified atom stereocenters. The topological polar surface area (TPSA) is 146 Å². The van der Waals surface area contributed by atoms with Gasteiger partial charge in [-0.15, -0.1) is 0 Å². The standard InChI is InChI=1S/C25H29N7O3S/c26-9-1-2-14-36(34,35)32-16-25(17-32,8-10-27)31-12-6-18(7-13-31)21-15-22(30-24(33)19-3-4-19)29-23-20(21)5-11-28-23/h5-6,11,15,19H,1-4,7-8,12-14,16-17H2,(H2,28,29,30,33). The number of anilines is 1. The van der Waals surface area contributed by atoms with Gasteiger partial charge in [0.1, 0.15) is 11.5 Å². The Labute approximate surface area is 210 Å². The van der Waals surface area contributed by atoms with Gasteiger partial charge in [0.2, 0.25) is 15.9 Å². The van der Waals surface area contributed by atoms with Crippen LogP contribution in [-0.4, -0.2) is 71.0 Å². The van der Waals surface area contributed by atoms with Gasteiger partial charge in [-0.2, -0.15) is 14.8 Å². The molecule has 2 aromatic heterocycles. The Morgan fingerprint density at radius 3 is 2.75 bits per heavy atom. The fourth-order valence-corrected chi connectivity index (χ4v) is 6.77. The second kappa shape index (κ2) is 9.66. The van der Waals surface area contributed by atoms with E-state index in [9.17, 15) is 18.5 Å². The van der Waals surface area contributed by atoms with Crippen molar-refractivity contribution < 1.29 is 13.2 Å². The quantitative estimate of drug-likeness (QED) is 0.496. The van der Waals surface area contributed by atoms with Crippen LogP contribution in [0.25, 0.3) is 16.6 Å². The average molecular weight is 508 g/mol. The molecule has 36 heavy (non-hydrogen) atoms. The Balaban J connectivity index is 1.31. The first kappa shape index (κ1) is 24.4. The molecular weight excluding hydrogens is 478 g/mol. The highest BCUT2D eigenvalue weighted by atomic mass is 32.2. The molecule has 1 saturated heterocycles. The van der Waals surface area contributed by atoms with E-state index in [0.29, 0.717) is 38.4 Å².